The Kier molecular flexibility index (Phi) is 5.10. The fourth-order valence-electron chi connectivity index (χ4n) is 2.10. The molecule has 8 heteroatoms. The summed E-state index contributed by atoms with van der Waals surface area (Å²) in [6, 6.07) is 10.9. The lowest BCUT2D eigenvalue weighted by Crippen LogP contribution is -2.21. The second-order valence-electron chi connectivity index (χ2n) is 4.86. The Balaban J connectivity index is 1.68. The highest BCUT2D eigenvalue weighted by atomic mass is 16.5. The van der Waals surface area contributed by atoms with Crippen LogP contribution in [-0.2, 0) is 4.79 Å². The second-order valence-corrected chi connectivity index (χ2v) is 4.86. The molecule has 0 aliphatic heterocycles. The van der Waals surface area contributed by atoms with Crippen molar-refractivity contribution >= 4 is 11.7 Å². The molecule has 0 aliphatic rings. The molecule has 2 heterocycles. The standard InChI is InChI=1S/C17H15N5O3/c1-24-14-6-3-2-5-12(14)13-9-15(21-11-20-13)22-16(23)10-25-17-18-7-4-8-19-17/h2-9,11H,10H2,1H3,(H,20,21,22,23). The number of ether oxygens (including phenoxy) is 2. The average molecular weight is 337 g/mol. The maximum absolute atomic E-state index is 12.0. The van der Waals surface area contributed by atoms with E-state index in [1.165, 1.54) is 18.7 Å². The van der Waals surface area contributed by atoms with E-state index in [1.54, 1.807) is 19.2 Å². The van der Waals surface area contributed by atoms with Gasteiger partial charge in [-0.05, 0) is 18.2 Å². The van der Waals surface area contributed by atoms with Crippen LogP contribution in [0, 0.1) is 0 Å². The van der Waals surface area contributed by atoms with Crippen LogP contribution < -0.4 is 14.8 Å². The molecule has 25 heavy (non-hydrogen) atoms. The molecule has 0 unspecified atom stereocenters. The van der Waals surface area contributed by atoms with Crippen molar-refractivity contribution in [1.82, 2.24) is 19.9 Å². The number of hydrogen-bond acceptors (Lipinski definition) is 7. The van der Waals surface area contributed by atoms with Crippen LogP contribution in [0.1, 0.15) is 0 Å². The number of nitrogens with one attached hydrogen (secondary N) is 1. The van der Waals surface area contributed by atoms with E-state index in [0.29, 0.717) is 17.3 Å². The minimum atomic E-state index is -0.378. The van der Waals surface area contributed by atoms with Gasteiger partial charge in [-0.2, -0.15) is 0 Å². The number of carbonyl (C=O) groups is 1. The number of hydrogen-bond donors (Lipinski definition) is 1. The molecule has 8 nitrogen and oxygen atoms in total. The second kappa shape index (κ2) is 7.82. The first-order valence-electron chi connectivity index (χ1n) is 7.41. The number of rotatable bonds is 6. The number of carbonyl (C=O) groups excluding carboxylic acids is 1. The van der Waals surface area contributed by atoms with E-state index < -0.39 is 0 Å². The van der Waals surface area contributed by atoms with E-state index in [4.69, 9.17) is 9.47 Å². The predicted molar refractivity (Wildman–Crippen MR) is 90.2 cm³/mol. The van der Waals surface area contributed by atoms with Crippen molar-refractivity contribution in [3.63, 3.8) is 0 Å². The third kappa shape index (κ3) is 4.25. The molecule has 0 atom stereocenters. The van der Waals surface area contributed by atoms with Crippen LogP contribution in [0.5, 0.6) is 11.8 Å². The molecule has 0 radical (unpaired) electrons. The summed E-state index contributed by atoms with van der Waals surface area (Å²) < 4.78 is 10.5. The molecule has 0 saturated carbocycles. The van der Waals surface area contributed by atoms with Crippen LogP contribution in [-0.4, -0.2) is 39.6 Å². The first-order chi connectivity index (χ1) is 12.3. The normalized spacial score (nSPS) is 10.1. The zero-order valence-electron chi connectivity index (χ0n) is 13.4. The Morgan fingerprint density at radius 3 is 2.68 bits per heavy atom. The molecule has 0 aliphatic carbocycles. The van der Waals surface area contributed by atoms with Gasteiger partial charge in [-0.25, -0.2) is 19.9 Å². The number of amides is 1. The Morgan fingerprint density at radius 2 is 1.88 bits per heavy atom. The van der Waals surface area contributed by atoms with E-state index in [1.807, 2.05) is 24.3 Å². The summed E-state index contributed by atoms with van der Waals surface area (Å²) in [6.07, 6.45) is 4.44. The lowest BCUT2D eigenvalue weighted by molar-refractivity contribution is -0.118. The highest BCUT2D eigenvalue weighted by molar-refractivity contribution is 5.91. The molecular formula is C17H15N5O3. The van der Waals surface area contributed by atoms with Gasteiger partial charge in [0.25, 0.3) is 5.91 Å². The van der Waals surface area contributed by atoms with Gasteiger partial charge < -0.3 is 14.8 Å². The predicted octanol–water partition coefficient (Wildman–Crippen LogP) is 1.96. The molecule has 1 amide bonds. The van der Waals surface area contributed by atoms with Crippen LogP contribution >= 0.6 is 0 Å². The Morgan fingerprint density at radius 1 is 1.08 bits per heavy atom. The van der Waals surface area contributed by atoms with Gasteiger partial charge >= 0.3 is 6.01 Å². The first-order valence-corrected chi connectivity index (χ1v) is 7.41. The minimum absolute atomic E-state index is 0.134. The van der Waals surface area contributed by atoms with Crippen molar-refractivity contribution in [3.05, 3.63) is 55.1 Å². The largest absolute Gasteiger partial charge is 0.496 e. The number of para-hydroxylation sites is 1. The topological polar surface area (TPSA) is 99.1 Å². The molecule has 3 aromatic rings. The van der Waals surface area contributed by atoms with Crippen LogP contribution in [0.25, 0.3) is 11.3 Å². The van der Waals surface area contributed by atoms with E-state index in [0.717, 1.165) is 5.56 Å². The van der Waals surface area contributed by atoms with Gasteiger partial charge in [0.05, 0.1) is 12.8 Å². The highest BCUT2D eigenvalue weighted by Crippen LogP contribution is 2.28. The minimum Gasteiger partial charge on any atom is -0.496 e. The summed E-state index contributed by atoms with van der Waals surface area (Å²) in [5.41, 5.74) is 1.44. The maximum atomic E-state index is 12.0. The van der Waals surface area contributed by atoms with Gasteiger partial charge in [-0.3, -0.25) is 4.79 Å². The lowest BCUT2D eigenvalue weighted by atomic mass is 10.1. The van der Waals surface area contributed by atoms with Gasteiger partial charge in [0.1, 0.15) is 17.9 Å². The summed E-state index contributed by atoms with van der Waals surface area (Å²) in [4.78, 5) is 28.0. The summed E-state index contributed by atoms with van der Waals surface area (Å²) in [7, 11) is 1.59. The van der Waals surface area contributed by atoms with Crippen LogP contribution in [0.3, 0.4) is 0 Å². The van der Waals surface area contributed by atoms with Crippen molar-refractivity contribution in [2.24, 2.45) is 0 Å². The molecule has 0 spiro atoms. The molecule has 0 fully saturated rings. The fraction of sp³-hybridized carbons (Fsp3) is 0.118. The van der Waals surface area contributed by atoms with E-state index in [2.05, 4.69) is 25.3 Å². The van der Waals surface area contributed by atoms with Gasteiger partial charge in [0.15, 0.2) is 6.61 Å². The van der Waals surface area contributed by atoms with Crippen LogP contribution in [0.4, 0.5) is 5.82 Å². The smallest absolute Gasteiger partial charge is 0.316 e. The van der Waals surface area contributed by atoms with Crippen molar-refractivity contribution in [1.29, 1.82) is 0 Å². The molecule has 1 N–H and O–H groups in total. The Bertz CT molecular complexity index is 858. The van der Waals surface area contributed by atoms with E-state index >= 15 is 0 Å². The highest BCUT2D eigenvalue weighted by Gasteiger charge is 2.10. The molecule has 3 rings (SSSR count). The third-order valence-corrected chi connectivity index (χ3v) is 3.19. The Labute approximate surface area is 143 Å². The summed E-state index contributed by atoms with van der Waals surface area (Å²) in [5, 5.41) is 2.65. The summed E-state index contributed by atoms with van der Waals surface area (Å²) >= 11 is 0. The van der Waals surface area contributed by atoms with Gasteiger partial charge in [-0.1, -0.05) is 12.1 Å². The number of methoxy groups -OCH3 is 1. The lowest BCUT2D eigenvalue weighted by Gasteiger charge is -2.09. The molecule has 0 bridgehead atoms. The maximum Gasteiger partial charge on any atom is 0.316 e. The van der Waals surface area contributed by atoms with Crippen LogP contribution in [0.15, 0.2) is 55.1 Å². The molecule has 2 aromatic heterocycles. The first kappa shape index (κ1) is 16.3. The number of anilines is 1. The molecule has 126 valence electrons. The average Bonchev–Trinajstić information content (AvgIpc) is 2.67. The zero-order valence-corrected chi connectivity index (χ0v) is 13.4. The fourth-order valence-corrected chi connectivity index (χ4v) is 2.10. The quantitative estimate of drug-likeness (QED) is 0.734. The van der Waals surface area contributed by atoms with Crippen LogP contribution in [0.2, 0.25) is 0 Å². The molecular weight excluding hydrogens is 322 g/mol. The summed E-state index contributed by atoms with van der Waals surface area (Å²) in [5.74, 6) is 0.665. The third-order valence-electron chi connectivity index (χ3n) is 3.19. The van der Waals surface area contributed by atoms with Gasteiger partial charge in [0, 0.05) is 24.0 Å². The van der Waals surface area contributed by atoms with Gasteiger partial charge in [-0.15, -0.1) is 0 Å². The monoisotopic (exact) mass is 337 g/mol. The van der Waals surface area contributed by atoms with Gasteiger partial charge in [0.2, 0.25) is 0 Å². The summed E-state index contributed by atoms with van der Waals surface area (Å²) in [6.45, 7) is -0.224. The number of benzene rings is 1. The Hall–Kier alpha value is -3.55. The van der Waals surface area contributed by atoms with Crippen molar-refractivity contribution in [3.8, 4) is 23.0 Å². The molecule has 1 aromatic carbocycles. The van der Waals surface area contributed by atoms with E-state index in [9.17, 15) is 4.79 Å². The van der Waals surface area contributed by atoms with E-state index in [-0.39, 0.29) is 18.5 Å². The molecule has 0 saturated heterocycles. The number of aromatic nitrogens is 4. The van der Waals surface area contributed by atoms with Crippen molar-refractivity contribution in [2.75, 3.05) is 19.0 Å². The van der Waals surface area contributed by atoms with Crippen molar-refractivity contribution < 1.29 is 14.3 Å². The van der Waals surface area contributed by atoms with Crippen molar-refractivity contribution in [2.45, 2.75) is 0 Å². The zero-order chi connectivity index (χ0) is 17.5. The SMILES string of the molecule is COc1ccccc1-c1cc(NC(=O)COc2ncccn2)ncn1. The number of nitrogens with zero attached hydrogens (tertiary/aromatic N) is 4.